The van der Waals surface area contributed by atoms with Crippen molar-refractivity contribution in [3.63, 3.8) is 0 Å². The summed E-state index contributed by atoms with van der Waals surface area (Å²) in [6, 6.07) is 13.5. The third-order valence-corrected chi connectivity index (χ3v) is 7.04. The second-order valence-electron chi connectivity index (χ2n) is 7.21. The first kappa shape index (κ1) is 18.9. The second kappa shape index (κ2) is 7.16. The molecule has 2 aliphatic heterocycles. The Balaban J connectivity index is 1.70. The standard InChI is InChI=1S/C20H19F2NO4S/c21-20(22)27-18-7-6-16(9-14(18)8-13-4-2-1-3-5-13)23-17-12-28(25,26)11-15(17)10-19(23)24/h1-7,9,15,17,20H,8,10-12H2/t15-,17-/m1/s1. The number of benzene rings is 2. The van der Waals surface area contributed by atoms with E-state index in [0.29, 0.717) is 17.7 Å². The summed E-state index contributed by atoms with van der Waals surface area (Å²) in [5.74, 6) is -0.356. The summed E-state index contributed by atoms with van der Waals surface area (Å²) >= 11 is 0. The fourth-order valence-electron chi connectivity index (χ4n) is 4.11. The third-order valence-electron chi connectivity index (χ3n) is 5.25. The van der Waals surface area contributed by atoms with E-state index in [9.17, 15) is 22.0 Å². The number of rotatable bonds is 5. The highest BCUT2D eigenvalue weighted by Crippen LogP contribution is 2.39. The van der Waals surface area contributed by atoms with Gasteiger partial charge < -0.3 is 9.64 Å². The van der Waals surface area contributed by atoms with Crippen molar-refractivity contribution in [2.24, 2.45) is 5.92 Å². The Kier molecular flexibility index (Phi) is 4.82. The highest BCUT2D eigenvalue weighted by Gasteiger charge is 2.49. The van der Waals surface area contributed by atoms with Gasteiger partial charge in [-0.05, 0) is 23.8 Å². The lowest BCUT2D eigenvalue weighted by Gasteiger charge is -2.24. The Labute approximate surface area is 161 Å². The predicted molar refractivity (Wildman–Crippen MR) is 100 cm³/mol. The first-order valence-electron chi connectivity index (χ1n) is 8.96. The Morgan fingerprint density at radius 1 is 1.11 bits per heavy atom. The molecule has 2 aromatic rings. The molecule has 0 unspecified atom stereocenters. The van der Waals surface area contributed by atoms with Crippen LogP contribution in [0.25, 0.3) is 0 Å². The quantitative estimate of drug-likeness (QED) is 0.764. The van der Waals surface area contributed by atoms with Crippen molar-refractivity contribution >= 4 is 21.4 Å². The summed E-state index contributed by atoms with van der Waals surface area (Å²) in [5.41, 5.74) is 1.94. The first-order valence-corrected chi connectivity index (χ1v) is 10.8. The summed E-state index contributed by atoms with van der Waals surface area (Å²) < 4.78 is 54.2. The molecule has 2 aromatic carbocycles. The van der Waals surface area contributed by atoms with Crippen LogP contribution in [-0.4, -0.2) is 38.5 Å². The zero-order valence-electron chi connectivity index (χ0n) is 14.9. The molecule has 8 heteroatoms. The number of carbonyl (C=O) groups is 1. The lowest BCUT2D eigenvalue weighted by Crippen LogP contribution is -2.36. The maximum atomic E-state index is 12.8. The molecule has 1 amide bonds. The molecule has 2 heterocycles. The van der Waals surface area contributed by atoms with Gasteiger partial charge in [-0.15, -0.1) is 0 Å². The Morgan fingerprint density at radius 2 is 1.86 bits per heavy atom. The van der Waals surface area contributed by atoms with Crippen molar-refractivity contribution in [3.8, 4) is 5.75 Å². The number of alkyl halides is 2. The van der Waals surface area contributed by atoms with Gasteiger partial charge in [-0.2, -0.15) is 8.78 Å². The monoisotopic (exact) mass is 407 g/mol. The molecular weight excluding hydrogens is 388 g/mol. The molecule has 148 valence electrons. The molecule has 0 spiro atoms. The fourth-order valence-corrected chi connectivity index (χ4v) is 6.18. The molecule has 2 atom stereocenters. The van der Waals surface area contributed by atoms with Crippen LogP contribution in [0.1, 0.15) is 17.5 Å². The minimum absolute atomic E-state index is 0.0172. The fraction of sp³-hybridized carbons (Fsp3) is 0.350. The molecule has 0 aliphatic carbocycles. The maximum absolute atomic E-state index is 12.8. The van der Waals surface area contributed by atoms with Gasteiger partial charge in [0.1, 0.15) is 5.75 Å². The van der Waals surface area contributed by atoms with Gasteiger partial charge in [0.15, 0.2) is 9.84 Å². The number of ether oxygens (including phenoxy) is 1. The molecule has 4 rings (SSSR count). The number of nitrogens with zero attached hydrogens (tertiary/aromatic N) is 1. The largest absolute Gasteiger partial charge is 0.435 e. The average molecular weight is 407 g/mol. The minimum Gasteiger partial charge on any atom is -0.435 e. The second-order valence-corrected chi connectivity index (χ2v) is 9.36. The summed E-state index contributed by atoms with van der Waals surface area (Å²) in [6.45, 7) is -2.96. The average Bonchev–Trinajstić information content (AvgIpc) is 3.07. The van der Waals surface area contributed by atoms with Crippen LogP contribution in [0.4, 0.5) is 14.5 Å². The van der Waals surface area contributed by atoms with E-state index >= 15 is 0 Å². The SMILES string of the molecule is O=C1C[C@@H]2CS(=O)(=O)C[C@H]2N1c1ccc(OC(F)F)c(Cc2ccccc2)c1. The molecule has 0 saturated carbocycles. The van der Waals surface area contributed by atoms with Crippen LogP contribution < -0.4 is 9.64 Å². The lowest BCUT2D eigenvalue weighted by molar-refractivity contribution is -0.117. The van der Waals surface area contributed by atoms with Crippen LogP contribution in [0.5, 0.6) is 5.75 Å². The predicted octanol–water partition coefficient (Wildman–Crippen LogP) is 3.03. The minimum atomic E-state index is -3.17. The van der Waals surface area contributed by atoms with E-state index in [1.165, 1.54) is 17.0 Å². The number of hydrogen-bond acceptors (Lipinski definition) is 4. The van der Waals surface area contributed by atoms with Crippen LogP contribution in [0.2, 0.25) is 0 Å². The van der Waals surface area contributed by atoms with E-state index < -0.39 is 22.5 Å². The molecule has 2 saturated heterocycles. The molecular formula is C20H19F2NO4S. The van der Waals surface area contributed by atoms with Crippen LogP contribution >= 0.6 is 0 Å². The number of hydrogen-bond donors (Lipinski definition) is 0. The van der Waals surface area contributed by atoms with E-state index in [4.69, 9.17) is 0 Å². The molecule has 0 aromatic heterocycles. The third kappa shape index (κ3) is 3.73. The van der Waals surface area contributed by atoms with E-state index in [-0.39, 0.29) is 35.5 Å². The van der Waals surface area contributed by atoms with E-state index in [2.05, 4.69) is 4.74 Å². The molecule has 0 radical (unpaired) electrons. The number of carbonyl (C=O) groups excluding carboxylic acids is 1. The summed E-state index contributed by atoms with van der Waals surface area (Å²) in [5, 5.41) is 0. The van der Waals surface area contributed by atoms with Gasteiger partial charge in [0.2, 0.25) is 5.91 Å². The van der Waals surface area contributed by atoms with Gasteiger partial charge in [0.05, 0.1) is 17.5 Å². The van der Waals surface area contributed by atoms with Gasteiger partial charge in [0.25, 0.3) is 0 Å². The Morgan fingerprint density at radius 3 is 2.57 bits per heavy atom. The highest BCUT2D eigenvalue weighted by molar-refractivity contribution is 7.91. The van der Waals surface area contributed by atoms with Crippen LogP contribution in [-0.2, 0) is 21.1 Å². The first-order chi connectivity index (χ1) is 13.3. The lowest BCUT2D eigenvalue weighted by atomic mass is 10.0. The number of fused-ring (bicyclic) bond motifs is 1. The zero-order valence-corrected chi connectivity index (χ0v) is 15.7. The number of anilines is 1. The number of sulfone groups is 1. The maximum Gasteiger partial charge on any atom is 0.387 e. The van der Waals surface area contributed by atoms with Gasteiger partial charge in [-0.3, -0.25) is 4.79 Å². The van der Waals surface area contributed by atoms with Crippen LogP contribution in [0, 0.1) is 5.92 Å². The van der Waals surface area contributed by atoms with Crippen molar-refractivity contribution in [2.45, 2.75) is 25.5 Å². The van der Waals surface area contributed by atoms with Crippen LogP contribution in [0.3, 0.4) is 0 Å². The molecule has 5 nitrogen and oxygen atoms in total. The van der Waals surface area contributed by atoms with Gasteiger partial charge in [-0.1, -0.05) is 30.3 Å². The van der Waals surface area contributed by atoms with Crippen molar-refractivity contribution in [1.29, 1.82) is 0 Å². The van der Waals surface area contributed by atoms with Crippen molar-refractivity contribution in [1.82, 2.24) is 0 Å². The van der Waals surface area contributed by atoms with Crippen LogP contribution in [0.15, 0.2) is 48.5 Å². The Hall–Kier alpha value is -2.48. The normalized spacial score (nSPS) is 23.2. The zero-order chi connectivity index (χ0) is 19.9. The number of amides is 1. The van der Waals surface area contributed by atoms with Crippen molar-refractivity contribution < 1.29 is 26.7 Å². The molecule has 28 heavy (non-hydrogen) atoms. The highest BCUT2D eigenvalue weighted by atomic mass is 32.2. The summed E-state index contributed by atoms with van der Waals surface area (Å²) in [4.78, 5) is 14.0. The van der Waals surface area contributed by atoms with Gasteiger partial charge in [-0.25, -0.2) is 8.42 Å². The Bertz CT molecular complexity index is 995. The number of halogens is 2. The molecule has 2 fully saturated rings. The van der Waals surface area contributed by atoms with Gasteiger partial charge >= 0.3 is 6.61 Å². The molecule has 2 aliphatic rings. The van der Waals surface area contributed by atoms with E-state index in [1.807, 2.05) is 30.3 Å². The molecule has 0 bridgehead atoms. The summed E-state index contributed by atoms with van der Waals surface area (Å²) in [7, 11) is -3.17. The van der Waals surface area contributed by atoms with E-state index in [0.717, 1.165) is 5.56 Å². The summed E-state index contributed by atoms with van der Waals surface area (Å²) in [6.07, 6.45) is 0.540. The molecule has 0 N–H and O–H groups in total. The van der Waals surface area contributed by atoms with E-state index in [1.54, 1.807) is 6.07 Å². The smallest absolute Gasteiger partial charge is 0.387 e. The van der Waals surface area contributed by atoms with Gasteiger partial charge in [0, 0.05) is 30.0 Å². The van der Waals surface area contributed by atoms with Crippen molar-refractivity contribution in [3.05, 3.63) is 59.7 Å². The topological polar surface area (TPSA) is 63.7 Å². The van der Waals surface area contributed by atoms with Crippen molar-refractivity contribution in [2.75, 3.05) is 16.4 Å².